The van der Waals surface area contributed by atoms with Crippen molar-refractivity contribution in [3.63, 3.8) is 0 Å². The third kappa shape index (κ3) is 1.96. The molecule has 1 saturated carbocycles. The van der Waals surface area contributed by atoms with Gasteiger partial charge in [-0.2, -0.15) is 0 Å². The van der Waals surface area contributed by atoms with Crippen molar-refractivity contribution >= 4 is 0 Å². The number of hydrogen-bond acceptors (Lipinski definition) is 3. The number of nitrogens with two attached hydrogens (primary N) is 1. The van der Waals surface area contributed by atoms with E-state index in [4.69, 9.17) is 10.5 Å². The molecule has 0 radical (unpaired) electrons. The molecule has 15 heavy (non-hydrogen) atoms. The lowest BCUT2D eigenvalue weighted by molar-refractivity contribution is -0.0252. The lowest BCUT2D eigenvalue weighted by Gasteiger charge is -2.46. The fourth-order valence-electron chi connectivity index (χ4n) is 3.08. The summed E-state index contributed by atoms with van der Waals surface area (Å²) in [5.74, 6) is 0. The van der Waals surface area contributed by atoms with Crippen molar-refractivity contribution in [2.24, 2.45) is 5.73 Å². The van der Waals surface area contributed by atoms with Crippen molar-refractivity contribution in [1.82, 2.24) is 4.90 Å². The Morgan fingerprint density at radius 1 is 1.27 bits per heavy atom. The van der Waals surface area contributed by atoms with E-state index in [1.807, 2.05) is 6.08 Å². The predicted molar refractivity (Wildman–Crippen MR) is 61.8 cm³/mol. The third-order valence-corrected chi connectivity index (χ3v) is 3.98. The number of hydrogen-bond donors (Lipinski definition) is 1. The van der Waals surface area contributed by atoms with Crippen molar-refractivity contribution in [2.45, 2.75) is 37.3 Å². The molecule has 2 rings (SSSR count). The van der Waals surface area contributed by atoms with Crippen LogP contribution in [-0.2, 0) is 4.74 Å². The van der Waals surface area contributed by atoms with Crippen LogP contribution in [0.2, 0.25) is 0 Å². The van der Waals surface area contributed by atoms with Gasteiger partial charge < -0.3 is 10.5 Å². The average Bonchev–Trinajstić information content (AvgIpc) is 2.79. The van der Waals surface area contributed by atoms with Crippen LogP contribution in [0.4, 0.5) is 0 Å². The predicted octanol–water partition coefficient (Wildman–Crippen LogP) is 1.14. The highest BCUT2D eigenvalue weighted by molar-refractivity contribution is 5.09. The summed E-state index contributed by atoms with van der Waals surface area (Å²) in [6.45, 7) is 7.63. The van der Waals surface area contributed by atoms with Crippen LogP contribution in [0.15, 0.2) is 12.7 Å². The Bertz CT molecular complexity index is 218. The number of rotatable bonds is 3. The number of ether oxygens (including phenoxy) is 1. The number of nitrogens with zero attached hydrogens (tertiary/aromatic N) is 1. The maximum Gasteiger partial charge on any atom is 0.0594 e. The monoisotopic (exact) mass is 210 g/mol. The first kappa shape index (κ1) is 11.1. The second-order valence-electron chi connectivity index (χ2n) is 4.67. The van der Waals surface area contributed by atoms with Gasteiger partial charge in [-0.05, 0) is 12.8 Å². The summed E-state index contributed by atoms with van der Waals surface area (Å²) in [6, 6.07) is 0.109. The quantitative estimate of drug-likeness (QED) is 0.710. The highest BCUT2D eigenvalue weighted by atomic mass is 16.5. The first-order valence-corrected chi connectivity index (χ1v) is 6.00. The minimum atomic E-state index is 0.109. The molecule has 1 aliphatic heterocycles. The highest BCUT2D eigenvalue weighted by Crippen LogP contribution is 2.38. The SMILES string of the molecule is C=CC(N)C1(N2CCOCC2)CCCC1. The molecule has 1 saturated heterocycles. The maximum atomic E-state index is 6.24. The van der Waals surface area contributed by atoms with Gasteiger partial charge in [-0.25, -0.2) is 0 Å². The topological polar surface area (TPSA) is 38.5 Å². The molecule has 1 aliphatic carbocycles. The minimum Gasteiger partial charge on any atom is -0.379 e. The Morgan fingerprint density at radius 2 is 1.87 bits per heavy atom. The zero-order valence-corrected chi connectivity index (χ0v) is 9.45. The fourth-order valence-corrected chi connectivity index (χ4v) is 3.08. The third-order valence-electron chi connectivity index (χ3n) is 3.98. The molecule has 2 N–H and O–H groups in total. The molecular weight excluding hydrogens is 188 g/mol. The van der Waals surface area contributed by atoms with Crippen LogP contribution < -0.4 is 5.73 Å². The summed E-state index contributed by atoms with van der Waals surface area (Å²) in [5, 5.41) is 0. The minimum absolute atomic E-state index is 0.109. The van der Waals surface area contributed by atoms with Gasteiger partial charge in [-0.3, -0.25) is 4.90 Å². The van der Waals surface area contributed by atoms with Gasteiger partial charge in [0.1, 0.15) is 0 Å². The molecule has 3 nitrogen and oxygen atoms in total. The van der Waals surface area contributed by atoms with E-state index >= 15 is 0 Å². The molecule has 0 aromatic heterocycles. The molecular formula is C12H22N2O. The average molecular weight is 210 g/mol. The zero-order chi connectivity index (χ0) is 10.7. The highest BCUT2D eigenvalue weighted by Gasteiger charge is 2.43. The Balaban J connectivity index is 2.13. The second kappa shape index (κ2) is 4.64. The van der Waals surface area contributed by atoms with E-state index in [0.717, 1.165) is 26.3 Å². The van der Waals surface area contributed by atoms with Crippen LogP contribution in [0.3, 0.4) is 0 Å². The van der Waals surface area contributed by atoms with Gasteiger partial charge in [-0.15, -0.1) is 6.58 Å². The van der Waals surface area contributed by atoms with Crippen molar-refractivity contribution in [2.75, 3.05) is 26.3 Å². The molecule has 1 unspecified atom stereocenters. The Hall–Kier alpha value is -0.380. The van der Waals surface area contributed by atoms with Crippen LogP contribution in [0, 0.1) is 0 Å². The van der Waals surface area contributed by atoms with Crippen molar-refractivity contribution in [3.8, 4) is 0 Å². The summed E-state index contributed by atoms with van der Waals surface area (Å²) >= 11 is 0. The van der Waals surface area contributed by atoms with E-state index in [-0.39, 0.29) is 11.6 Å². The fraction of sp³-hybridized carbons (Fsp3) is 0.833. The summed E-state index contributed by atoms with van der Waals surface area (Å²) in [5.41, 5.74) is 6.43. The van der Waals surface area contributed by atoms with Gasteiger partial charge in [0.25, 0.3) is 0 Å². The molecule has 1 atom stereocenters. The van der Waals surface area contributed by atoms with Crippen molar-refractivity contribution in [1.29, 1.82) is 0 Å². The van der Waals surface area contributed by atoms with E-state index in [9.17, 15) is 0 Å². The standard InChI is InChI=1S/C12H22N2O/c1-2-11(13)12(5-3-4-6-12)14-7-9-15-10-8-14/h2,11H,1,3-10,13H2. The van der Waals surface area contributed by atoms with E-state index in [1.54, 1.807) is 0 Å². The van der Waals surface area contributed by atoms with Gasteiger partial charge in [0.15, 0.2) is 0 Å². The van der Waals surface area contributed by atoms with E-state index < -0.39 is 0 Å². The van der Waals surface area contributed by atoms with Crippen LogP contribution in [-0.4, -0.2) is 42.8 Å². The molecule has 0 amide bonds. The van der Waals surface area contributed by atoms with Gasteiger partial charge in [0.2, 0.25) is 0 Å². The summed E-state index contributed by atoms with van der Waals surface area (Å²) in [4.78, 5) is 2.54. The van der Waals surface area contributed by atoms with E-state index in [0.29, 0.717) is 0 Å². The maximum absolute atomic E-state index is 6.24. The first-order valence-electron chi connectivity index (χ1n) is 6.00. The summed E-state index contributed by atoms with van der Waals surface area (Å²) in [6.07, 6.45) is 6.97. The van der Waals surface area contributed by atoms with Crippen LogP contribution in [0.25, 0.3) is 0 Å². The molecule has 0 spiro atoms. The largest absolute Gasteiger partial charge is 0.379 e. The molecule has 3 heteroatoms. The normalized spacial score (nSPS) is 28.9. The first-order chi connectivity index (χ1) is 7.29. The smallest absolute Gasteiger partial charge is 0.0594 e. The molecule has 0 bridgehead atoms. The van der Waals surface area contributed by atoms with Crippen molar-refractivity contribution < 1.29 is 4.74 Å². The molecule has 86 valence electrons. The molecule has 0 aromatic rings. The van der Waals surface area contributed by atoms with Crippen molar-refractivity contribution in [3.05, 3.63) is 12.7 Å². The Kier molecular flexibility index (Phi) is 3.44. The second-order valence-corrected chi connectivity index (χ2v) is 4.67. The van der Waals surface area contributed by atoms with Gasteiger partial charge in [0, 0.05) is 24.7 Å². The summed E-state index contributed by atoms with van der Waals surface area (Å²) in [7, 11) is 0. The van der Waals surface area contributed by atoms with Gasteiger partial charge >= 0.3 is 0 Å². The Morgan fingerprint density at radius 3 is 2.40 bits per heavy atom. The molecule has 2 aliphatic rings. The molecule has 0 aromatic carbocycles. The lowest BCUT2D eigenvalue weighted by atomic mass is 9.86. The van der Waals surface area contributed by atoms with Gasteiger partial charge in [-0.1, -0.05) is 18.9 Å². The van der Waals surface area contributed by atoms with Crippen LogP contribution in [0.5, 0.6) is 0 Å². The lowest BCUT2D eigenvalue weighted by Crippen LogP contribution is -2.60. The van der Waals surface area contributed by atoms with Crippen LogP contribution in [0.1, 0.15) is 25.7 Å². The van der Waals surface area contributed by atoms with Gasteiger partial charge in [0.05, 0.1) is 13.2 Å². The molecule has 1 heterocycles. The van der Waals surface area contributed by atoms with Crippen LogP contribution >= 0.6 is 0 Å². The summed E-state index contributed by atoms with van der Waals surface area (Å²) < 4.78 is 5.41. The zero-order valence-electron chi connectivity index (χ0n) is 9.45. The van der Waals surface area contributed by atoms with E-state index in [1.165, 1.54) is 25.7 Å². The number of morpholine rings is 1. The molecule has 2 fully saturated rings. The Labute approximate surface area is 92.3 Å². The van der Waals surface area contributed by atoms with E-state index in [2.05, 4.69) is 11.5 Å².